The molecule has 1 saturated heterocycles. The first kappa shape index (κ1) is 22.0. The second-order valence-electron chi connectivity index (χ2n) is 7.18. The molecule has 2 heterocycles. The quantitative estimate of drug-likeness (QED) is 0.773. The first-order chi connectivity index (χ1) is 14.0. The summed E-state index contributed by atoms with van der Waals surface area (Å²) in [5.41, 5.74) is 0.314. The molecular weight excluding hydrogens is 423 g/mol. The van der Waals surface area contributed by atoms with Crippen LogP contribution in [-0.2, 0) is 22.1 Å². The minimum absolute atomic E-state index is 0.0295. The number of carbonyl (C=O) groups is 2. The van der Waals surface area contributed by atoms with E-state index < -0.39 is 42.2 Å². The van der Waals surface area contributed by atoms with Crippen LogP contribution in [0, 0.1) is 5.82 Å². The number of aliphatic hydroxyl groups excluding tert-OH is 1. The lowest BCUT2D eigenvalue weighted by Gasteiger charge is -2.41. The van der Waals surface area contributed by atoms with E-state index in [4.69, 9.17) is 11.6 Å². The van der Waals surface area contributed by atoms with Crippen LogP contribution < -0.4 is 4.90 Å². The average molecular weight is 442 g/mol. The first-order valence-corrected chi connectivity index (χ1v) is 9.44. The zero-order valence-electron chi connectivity index (χ0n) is 16.2. The highest BCUT2D eigenvalue weighted by Gasteiger charge is 2.43. The van der Waals surface area contributed by atoms with Gasteiger partial charge in [-0.2, -0.15) is 0 Å². The number of hydrogen-bond donors (Lipinski definition) is 1. The van der Waals surface area contributed by atoms with E-state index in [1.54, 1.807) is 0 Å². The lowest BCUT2D eigenvalue weighted by molar-refractivity contribution is -0.148. The smallest absolute Gasteiger partial charge is 0.270 e. The number of anilines is 1. The van der Waals surface area contributed by atoms with Gasteiger partial charge in [-0.25, -0.2) is 18.2 Å². The zero-order chi connectivity index (χ0) is 22.2. The summed E-state index contributed by atoms with van der Waals surface area (Å²) in [7, 11) is 0. The molecule has 160 valence electrons. The van der Waals surface area contributed by atoms with Crippen molar-refractivity contribution in [3.8, 4) is 0 Å². The van der Waals surface area contributed by atoms with Crippen molar-refractivity contribution < 1.29 is 27.9 Å². The SMILES string of the molecule is C[C@H](O)[C@@H]1C(=O)N(c2ncc(Cl)cc2F)CC(=O)N1Cc1ccc(C(C)(F)F)cc1. The Kier molecular flexibility index (Phi) is 6.05. The Bertz CT molecular complexity index is 964. The number of rotatable bonds is 5. The van der Waals surface area contributed by atoms with Crippen molar-refractivity contribution in [2.75, 3.05) is 11.4 Å². The number of pyridine rings is 1. The number of piperazine rings is 1. The largest absolute Gasteiger partial charge is 0.391 e. The summed E-state index contributed by atoms with van der Waals surface area (Å²) in [5, 5.41) is 10.2. The van der Waals surface area contributed by atoms with E-state index in [-0.39, 0.29) is 22.9 Å². The zero-order valence-corrected chi connectivity index (χ0v) is 16.9. The van der Waals surface area contributed by atoms with Crippen LogP contribution in [0.2, 0.25) is 5.02 Å². The fraction of sp³-hybridized carbons (Fsp3) is 0.350. The van der Waals surface area contributed by atoms with Crippen LogP contribution in [0.5, 0.6) is 0 Å². The summed E-state index contributed by atoms with van der Waals surface area (Å²) in [6, 6.07) is 5.00. The molecule has 1 fully saturated rings. The van der Waals surface area contributed by atoms with Crippen LogP contribution in [-0.4, -0.2) is 45.5 Å². The fourth-order valence-corrected chi connectivity index (χ4v) is 3.43. The van der Waals surface area contributed by atoms with Crippen molar-refractivity contribution in [1.82, 2.24) is 9.88 Å². The Morgan fingerprint density at radius 1 is 1.30 bits per heavy atom. The summed E-state index contributed by atoms with van der Waals surface area (Å²) in [5.74, 6) is -5.51. The van der Waals surface area contributed by atoms with Gasteiger partial charge in [0, 0.05) is 25.2 Å². The standard InChI is InChI=1S/C20H19ClF3N3O3/c1-11(28)17-19(30)27(18-15(22)7-14(21)8-25-18)10-16(29)26(17)9-12-3-5-13(6-4-12)20(2,23)24/h3-8,11,17,28H,9-10H2,1-2H3/t11-,17+/m0/s1. The second kappa shape index (κ2) is 8.23. The summed E-state index contributed by atoms with van der Waals surface area (Å²) in [6.45, 7) is 1.54. The molecule has 2 atom stereocenters. The van der Waals surface area contributed by atoms with Crippen molar-refractivity contribution in [3.63, 3.8) is 0 Å². The minimum Gasteiger partial charge on any atom is -0.391 e. The molecule has 0 bridgehead atoms. The molecule has 1 N–H and O–H groups in total. The van der Waals surface area contributed by atoms with E-state index in [2.05, 4.69) is 4.98 Å². The lowest BCUT2D eigenvalue weighted by Crippen LogP contribution is -2.63. The predicted octanol–water partition coefficient (Wildman–Crippen LogP) is 3.11. The molecular formula is C20H19ClF3N3O3. The van der Waals surface area contributed by atoms with E-state index in [1.165, 1.54) is 31.2 Å². The highest BCUT2D eigenvalue weighted by Crippen LogP contribution is 2.29. The molecule has 2 amide bonds. The van der Waals surface area contributed by atoms with Crippen LogP contribution in [0.1, 0.15) is 25.0 Å². The number of halogens is 4. The molecule has 0 radical (unpaired) electrons. The lowest BCUT2D eigenvalue weighted by atomic mass is 10.0. The van der Waals surface area contributed by atoms with Crippen LogP contribution in [0.25, 0.3) is 0 Å². The third-order valence-corrected chi connectivity index (χ3v) is 4.99. The highest BCUT2D eigenvalue weighted by atomic mass is 35.5. The fourth-order valence-electron chi connectivity index (χ4n) is 3.29. The molecule has 0 saturated carbocycles. The average Bonchev–Trinajstić information content (AvgIpc) is 2.64. The van der Waals surface area contributed by atoms with Gasteiger partial charge >= 0.3 is 0 Å². The molecule has 30 heavy (non-hydrogen) atoms. The van der Waals surface area contributed by atoms with Crippen molar-refractivity contribution >= 4 is 29.2 Å². The first-order valence-electron chi connectivity index (χ1n) is 9.06. The summed E-state index contributed by atoms with van der Waals surface area (Å²) in [4.78, 5) is 31.6. The van der Waals surface area contributed by atoms with Crippen molar-refractivity contribution in [2.45, 2.75) is 38.5 Å². The van der Waals surface area contributed by atoms with Gasteiger partial charge in [-0.05, 0) is 18.6 Å². The Morgan fingerprint density at radius 3 is 2.47 bits per heavy atom. The molecule has 0 aliphatic carbocycles. The van der Waals surface area contributed by atoms with E-state index >= 15 is 0 Å². The Balaban J connectivity index is 1.88. The third kappa shape index (κ3) is 4.41. The molecule has 1 aliphatic heterocycles. The van der Waals surface area contributed by atoms with Gasteiger partial charge in [0.1, 0.15) is 12.6 Å². The normalized spacial score (nSPS) is 18.7. The Morgan fingerprint density at radius 2 is 1.93 bits per heavy atom. The number of amides is 2. The van der Waals surface area contributed by atoms with Gasteiger partial charge in [0.15, 0.2) is 11.6 Å². The maximum atomic E-state index is 14.3. The molecule has 10 heteroatoms. The van der Waals surface area contributed by atoms with Gasteiger partial charge in [0.2, 0.25) is 5.91 Å². The molecule has 3 rings (SSSR count). The van der Waals surface area contributed by atoms with Crippen LogP contribution in [0.4, 0.5) is 19.0 Å². The monoisotopic (exact) mass is 441 g/mol. The molecule has 1 aromatic heterocycles. The van der Waals surface area contributed by atoms with Gasteiger partial charge in [0.25, 0.3) is 11.8 Å². The van der Waals surface area contributed by atoms with E-state index in [1.807, 2.05) is 0 Å². The number of alkyl halides is 2. The van der Waals surface area contributed by atoms with Crippen molar-refractivity contribution in [3.05, 3.63) is 58.5 Å². The minimum atomic E-state index is -3.01. The van der Waals surface area contributed by atoms with E-state index in [0.29, 0.717) is 5.56 Å². The third-order valence-electron chi connectivity index (χ3n) is 4.78. The second-order valence-corrected chi connectivity index (χ2v) is 7.61. The van der Waals surface area contributed by atoms with Crippen molar-refractivity contribution in [2.24, 2.45) is 0 Å². The maximum Gasteiger partial charge on any atom is 0.270 e. The van der Waals surface area contributed by atoms with Crippen LogP contribution in [0.3, 0.4) is 0 Å². The van der Waals surface area contributed by atoms with Crippen molar-refractivity contribution in [1.29, 1.82) is 0 Å². The van der Waals surface area contributed by atoms with Crippen LogP contribution >= 0.6 is 11.6 Å². The van der Waals surface area contributed by atoms with Gasteiger partial charge in [0.05, 0.1) is 11.1 Å². The molecule has 0 unspecified atom stereocenters. The number of hydrogen-bond acceptors (Lipinski definition) is 4. The topological polar surface area (TPSA) is 73.7 Å². The highest BCUT2D eigenvalue weighted by molar-refractivity contribution is 6.30. The summed E-state index contributed by atoms with van der Waals surface area (Å²) in [6.07, 6.45) is -0.120. The van der Waals surface area contributed by atoms with Gasteiger partial charge < -0.3 is 10.0 Å². The van der Waals surface area contributed by atoms with Gasteiger partial charge in [-0.15, -0.1) is 0 Å². The molecule has 2 aromatic rings. The van der Waals surface area contributed by atoms with Gasteiger partial charge in [-0.1, -0.05) is 35.9 Å². The Labute approximate surface area is 175 Å². The molecule has 6 nitrogen and oxygen atoms in total. The number of nitrogens with zero attached hydrogens (tertiary/aromatic N) is 3. The Hall–Kier alpha value is -2.65. The van der Waals surface area contributed by atoms with E-state index in [9.17, 15) is 27.9 Å². The van der Waals surface area contributed by atoms with Gasteiger partial charge in [-0.3, -0.25) is 14.5 Å². The number of benzene rings is 1. The predicted molar refractivity (Wildman–Crippen MR) is 104 cm³/mol. The number of aliphatic hydroxyl groups is 1. The molecule has 1 aliphatic rings. The number of carbonyl (C=O) groups excluding carboxylic acids is 2. The van der Waals surface area contributed by atoms with E-state index in [0.717, 1.165) is 29.0 Å². The maximum absolute atomic E-state index is 14.3. The molecule has 1 aromatic carbocycles. The number of aromatic nitrogens is 1. The molecule has 0 spiro atoms. The summed E-state index contributed by atoms with van der Waals surface area (Å²) >= 11 is 5.68. The summed E-state index contributed by atoms with van der Waals surface area (Å²) < 4.78 is 41.0. The van der Waals surface area contributed by atoms with Crippen LogP contribution in [0.15, 0.2) is 36.5 Å².